The molecule has 29 heavy (non-hydrogen) atoms. The number of fused-ring (bicyclic) bond motifs is 1. The van der Waals surface area contributed by atoms with E-state index in [2.05, 4.69) is 29.1 Å². The molecule has 156 valence electrons. The van der Waals surface area contributed by atoms with E-state index >= 15 is 0 Å². The van der Waals surface area contributed by atoms with Crippen LogP contribution in [0, 0.1) is 11.8 Å². The zero-order chi connectivity index (χ0) is 21.0. The number of para-hydroxylation sites is 1. The van der Waals surface area contributed by atoms with Crippen molar-refractivity contribution < 1.29 is 14.3 Å². The molecule has 4 atom stereocenters. The third-order valence-corrected chi connectivity index (χ3v) is 5.94. The van der Waals surface area contributed by atoms with Crippen molar-refractivity contribution in [2.75, 3.05) is 0 Å². The van der Waals surface area contributed by atoms with Crippen molar-refractivity contribution in [2.45, 2.75) is 65.0 Å². The van der Waals surface area contributed by atoms with Crippen LogP contribution in [0.4, 0.5) is 0 Å². The Morgan fingerprint density at radius 3 is 2.83 bits per heavy atom. The van der Waals surface area contributed by atoms with Gasteiger partial charge in [0.25, 0.3) is 11.5 Å². The maximum absolute atomic E-state index is 12.4. The number of ether oxygens (including phenoxy) is 1. The zero-order valence-corrected chi connectivity index (χ0v) is 17.2. The summed E-state index contributed by atoms with van der Waals surface area (Å²) in [4.78, 5) is 43.7. The second-order valence-electron chi connectivity index (χ2n) is 8.04. The third-order valence-electron chi connectivity index (χ3n) is 5.94. The molecule has 0 aliphatic heterocycles. The van der Waals surface area contributed by atoms with Gasteiger partial charge in [-0.05, 0) is 37.3 Å². The Labute approximate surface area is 170 Å². The monoisotopic (exact) mass is 399 g/mol. The fourth-order valence-electron chi connectivity index (χ4n) is 3.87. The van der Waals surface area contributed by atoms with Crippen molar-refractivity contribution in [1.29, 1.82) is 0 Å². The molecule has 2 N–H and O–H groups in total. The van der Waals surface area contributed by atoms with Gasteiger partial charge in [-0.2, -0.15) is 0 Å². The fourth-order valence-corrected chi connectivity index (χ4v) is 3.87. The number of rotatable bonds is 6. The average Bonchev–Trinajstić information content (AvgIpc) is 2.70. The van der Waals surface area contributed by atoms with Gasteiger partial charge in [-0.3, -0.25) is 14.4 Å². The Hall–Kier alpha value is -2.70. The van der Waals surface area contributed by atoms with E-state index in [0.29, 0.717) is 28.6 Å². The lowest BCUT2D eigenvalue weighted by Gasteiger charge is -2.35. The number of esters is 1. The number of aryl methyl sites for hydroxylation is 1. The van der Waals surface area contributed by atoms with E-state index in [1.54, 1.807) is 31.2 Å². The molecule has 7 nitrogen and oxygen atoms in total. The normalized spacial score (nSPS) is 22.8. The molecule has 1 heterocycles. The Morgan fingerprint density at radius 2 is 2.03 bits per heavy atom. The topological polar surface area (TPSA) is 101 Å². The molecule has 2 aromatic rings. The molecule has 1 aromatic heterocycles. The van der Waals surface area contributed by atoms with Crippen LogP contribution in [0.2, 0.25) is 0 Å². The predicted molar refractivity (Wildman–Crippen MR) is 110 cm³/mol. The SMILES string of the molecule is C[C@@H]1[C@H](C)CCC[C@H]1NC(=O)[C@@H](C)OC(=O)CCc1nc2ccccc2c(=O)[nH]1. The Morgan fingerprint density at radius 1 is 1.28 bits per heavy atom. The molecule has 0 unspecified atom stereocenters. The highest BCUT2D eigenvalue weighted by Crippen LogP contribution is 2.29. The van der Waals surface area contributed by atoms with Crippen molar-refractivity contribution in [2.24, 2.45) is 11.8 Å². The summed E-state index contributed by atoms with van der Waals surface area (Å²) in [5.74, 6) is 0.651. The molecule has 1 aromatic carbocycles. The van der Waals surface area contributed by atoms with Crippen LogP contribution in [0.1, 0.15) is 52.3 Å². The molecule has 1 aliphatic rings. The Kier molecular flexibility index (Phi) is 6.67. The molecule has 3 rings (SSSR count). The number of carbonyl (C=O) groups excluding carboxylic acids is 2. The maximum Gasteiger partial charge on any atom is 0.307 e. The van der Waals surface area contributed by atoms with Crippen molar-refractivity contribution >= 4 is 22.8 Å². The number of hydrogen-bond acceptors (Lipinski definition) is 5. The number of carbonyl (C=O) groups is 2. The van der Waals surface area contributed by atoms with Crippen LogP contribution in [-0.2, 0) is 20.7 Å². The van der Waals surface area contributed by atoms with Gasteiger partial charge in [0, 0.05) is 12.5 Å². The fraction of sp³-hybridized carbons (Fsp3) is 0.545. The van der Waals surface area contributed by atoms with E-state index < -0.39 is 12.1 Å². The summed E-state index contributed by atoms with van der Waals surface area (Å²) in [6.07, 6.45) is 2.67. The lowest BCUT2D eigenvalue weighted by Crippen LogP contribution is -2.47. The lowest BCUT2D eigenvalue weighted by atomic mass is 9.78. The molecule has 0 bridgehead atoms. The number of aromatic amines is 1. The Balaban J connectivity index is 1.51. The molecule has 0 saturated heterocycles. The van der Waals surface area contributed by atoms with Crippen LogP contribution in [-0.4, -0.2) is 34.0 Å². The number of nitrogens with zero attached hydrogens (tertiary/aromatic N) is 1. The minimum absolute atomic E-state index is 0.0375. The van der Waals surface area contributed by atoms with Crippen LogP contribution < -0.4 is 10.9 Å². The molecule has 1 aliphatic carbocycles. The van der Waals surface area contributed by atoms with Gasteiger partial charge >= 0.3 is 5.97 Å². The van der Waals surface area contributed by atoms with Gasteiger partial charge in [-0.1, -0.05) is 38.8 Å². The number of nitrogens with one attached hydrogen (secondary N) is 2. The van der Waals surface area contributed by atoms with Crippen molar-refractivity contribution in [3.8, 4) is 0 Å². The molecule has 0 radical (unpaired) electrons. The van der Waals surface area contributed by atoms with E-state index in [1.165, 1.54) is 6.42 Å². The number of amides is 1. The minimum atomic E-state index is -0.851. The highest BCUT2D eigenvalue weighted by atomic mass is 16.5. The van der Waals surface area contributed by atoms with E-state index in [1.807, 2.05) is 0 Å². The standard InChI is InChI=1S/C22H29N3O4/c1-13-7-6-10-17(14(13)2)24-21(27)15(3)29-20(26)12-11-19-23-18-9-5-4-8-16(18)22(28)25-19/h4-5,8-9,13-15,17H,6-7,10-12H2,1-3H3,(H,24,27)(H,23,25,28)/t13-,14-,15-,17-/m1/s1. The first-order valence-corrected chi connectivity index (χ1v) is 10.3. The molecule has 1 amide bonds. The summed E-state index contributed by atoms with van der Waals surface area (Å²) < 4.78 is 5.28. The third kappa shape index (κ3) is 5.22. The quantitative estimate of drug-likeness (QED) is 0.728. The highest BCUT2D eigenvalue weighted by molar-refractivity contribution is 5.83. The Bertz CT molecular complexity index is 939. The van der Waals surface area contributed by atoms with Crippen molar-refractivity contribution in [3.63, 3.8) is 0 Å². The van der Waals surface area contributed by atoms with E-state index in [4.69, 9.17) is 4.74 Å². The van der Waals surface area contributed by atoms with Crippen LogP contribution in [0.15, 0.2) is 29.1 Å². The molecule has 0 spiro atoms. The minimum Gasteiger partial charge on any atom is -0.453 e. The van der Waals surface area contributed by atoms with Gasteiger partial charge in [-0.25, -0.2) is 4.98 Å². The van der Waals surface area contributed by atoms with Crippen LogP contribution in [0.5, 0.6) is 0 Å². The first-order chi connectivity index (χ1) is 13.8. The summed E-state index contributed by atoms with van der Waals surface area (Å²) in [5.41, 5.74) is 0.353. The second-order valence-corrected chi connectivity index (χ2v) is 8.04. The first-order valence-electron chi connectivity index (χ1n) is 10.3. The number of benzene rings is 1. The zero-order valence-electron chi connectivity index (χ0n) is 17.2. The van der Waals surface area contributed by atoms with Crippen LogP contribution in [0.3, 0.4) is 0 Å². The lowest BCUT2D eigenvalue weighted by molar-refractivity contribution is -0.155. The van der Waals surface area contributed by atoms with Gasteiger partial charge in [-0.15, -0.1) is 0 Å². The summed E-state index contributed by atoms with van der Waals surface area (Å²) >= 11 is 0. The summed E-state index contributed by atoms with van der Waals surface area (Å²) in [6, 6.07) is 7.16. The predicted octanol–water partition coefficient (Wildman–Crippen LogP) is 2.73. The van der Waals surface area contributed by atoms with Gasteiger partial charge in [0.15, 0.2) is 6.10 Å². The summed E-state index contributed by atoms with van der Waals surface area (Å²) in [5, 5.41) is 3.54. The van der Waals surface area contributed by atoms with E-state index in [9.17, 15) is 14.4 Å². The van der Waals surface area contributed by atoms with Gasteiger partial charge < -0.3 is 15.0 Å². The highest BCUT2D eigenvalue weighted by Gasteiger charge is 2.30. The average molecular weight is 399 g/mol. The van der Waals surface area contributed by atoms with Gasteiger partial charge in [0.05, 0.1) is 17.3 Å². The molecular weight excluding hydrogens is 370 g/mol. The van der Waals surface area contributed by atoms with Crippen molar-refractivity contribution in [3.05, 3.63) is 40.4 Å². The van der Waals surface area contributed by atoms with Gasteiger partial charge in [0.1, 0.15) is 5.82 Å². The number of aromatic nitrogens is 2. The number of H-pyrrole nitrogens is 1. The first kappa shape index (κ1) is 21.0. The van der Waals surface area contributed by atoms with Crippen molar-refractivity contribution in [1.82, 2.24) is 15.3 Å². The number of hydrogen-bond donors (Lipinski definition) is 2. The second kappa shape index (κ2) is 9.20. The summed E-state index contributed by atoms with van der Waals surface area (Å²) in [6.45, 7) is 5.95. The molecule has 1 saturated carbocycles. The van der Waals surface area contributed by atoms with Gasteiger partial charge in [0.2, 0.25) is 0 Å². The van der Waals surface area contributed by atoms with Crippen LogP contribution in [0.25, 0.3) is 10.9 Å². The molecular formula is C22H29N3O4. The molecule has 7 heteroatoms. The van der Waals surface area contributed by atoms with Crippen LogP contribution >= 0.6 is 0 Å². The van der Waals surface area contributed by atoms with E-state index in [0.717, 1.165) is 12.8 Å². The molecule has 1 fully saturated rings. The maximum atomic E-state index is 12.4. The summed E-state index contributed by atoms with van der Waals surface area (Å²) in [7, 11) is 0. The van der Waals surface area contributed by atoms with E-state index in [-0.39, 0.29) is 30.3 Å². The largest absolute Gasteiger partial charge is 0.453 e. The smallest absolute Gasteiger partial charge is 0.307 e.